The maximum atomic E-state index is 11.8. The number of rotatable bonds is 9. The van der Waals surface area contributed by atoms with Gasteiger partial charge < -0.3 is 24.9 Å². The lowest BCUT2D eigenvalue weighted by molar-refractivity contribution is -0.130. The largest absolute Gasteiger partial charge is 0.493 e. The van der Waals surface area contributed by atoms with Crippen molar-refractivity contribution in [2.45, 2.75) is 6.42 Å². The molecule has 4 aromatic rings. The van der Waals surface area contributed by atoms with E-state index in [-0.39, 0.29) is 5.57 Å². The van der Waals surface area contributed by atoms with Crippen molar-refractivity contribution in [3.8, 4) is 5.75 Å². The molecule has 2 aromatic carbocycles. The van der Waals surface area contributed by atoms with E-state index in [1.54, 1.807) is 18.5 Å². The molecule has 3 N–H and O–H groups in total. The number of aromatic amines is 1. The molecule has 10 heteroatoms. The van der Waals surface area contributed by atoms with E-state index in [2.05, 4.69) is 36.7 Å². The van der Waals surface area contributed by atoms with Gasteiger partial charge in [-0.3, -0.25) is 4.90 Å². The molecule has 5 rings (SSSR count). The Kier molecular flexibility index (Phi) is 6.55. The first-order valence-electron chi connectivity index (χ1n) is 11.4. The van der Waals surface area contributed by atoms with E-state index in [1.807, 2.05) is 18.2 Å². The van der Waals surface area contributed by atoms with Crippen molar-refractivity contribution in [1.29, 1.82) is 0 Å². The lowest BCUT2D eigenvalue weighted by atomic mass is 10.0. The summed E-state index contributed by atoms with van der Waals surface area (Å²) in [5.41, 5.74) is 3.53. The number of benzene rings is 2. The first-order chi connectivity index (χ1) is 17.1. The van der Waals surface area contributed by atoms with Gasteiger partial charge in [0.15, 0.2) is 0 Å². The highest BCUT2D eigenvalue weighted by molar-refractivity contribution is 6.16. The number of hydrogen-bond donors (Lipinski definition) is 3. The summed E-state index contributed by atoms with van der Waals surface area (Å²) in [6.07, 6.45) is 3.91. The minimum absolute atomic E-state index is 0.0529. The Balaban J connectivity index is 1.40. The molecular weight excluding hydrogens is 448 g/mol. The van der Waals surface area contributed by atoms with Gasteiger partial charge in [-0.25, -0.2) is 19.7 Å². The summed E-state index contributed by atoms with van der Waals surface area (Å²) in [6, 6.07) is 9.21. The fraction of sp³-hybridized carbons (Fsp3) is 0.280. The van der Waals surface area contributed by atoms with Crippen molar-refractivity contribution in [1.82, 2.24) is 24.8 Å². The third-order valence-electron chi connectivity index (χ3n) is 5.98. The number of hydrogen-bond acceptors (Lipinski definition) is 8. The third kappa shape index (κ3) is 5.08. The molecule has 0 bridgehead atoms. The minimum atomic E-state index is -1.11. The van der Waals surface area contributed by atoms with Crippen LogP contribution >= 0.6 is 0 Å². The second-order valence-corrected chi connectivity index (χ2v) is 8.29. The van der Waals surface area contributed by atoms with Crippen LogP contribution in [-0.4, -0.2) is 75.4 Å². The molecule has 180 valence electrons. The Morgan fingerprint density at radius 2 is 2.03 bits per heavy atom. The summed E-state index contributed by atoms with van der Waals surface area (Å²) in [4.78, 5) is 30.2. The summed E-state index contributed by atoms with van der Waals surface area (Å²) in [5, 5.41) is 13.6. The van der Waals surface area contributed by atoms with E-state index in [9.17, 15) is 9.90 Å². The van der Waals surface area contributed by atoms with Crippen molar-refractivity contribution < 1.29 is 19.4 Å². The van der Waals surface area contributed by atoms with Gasteiger partial charge in [-0.1, -0.05) is 6.58 Å². The van der Waals surface area contributed by atoms with Crippen LogP contribution in [0.3, 0.4) is 0 Å². The first kappa shape index (κ1) is 22.8. The zero-order valence-corrected chi connectivity index (χ0v) is 19.2. The zero-order valence-electron chi connectivity index (χ0n) is 19.2. The number of anilines is 2. The number of ether oxygens (including phenoxy) is 2. The van der Waals surface area contributed by atoms with Gasteiger partial charge in [-0.2, -0.15) is 0 Å². The van der Waals surface area contributed by atoms with E-state index in [1.165, 1.54) is 6.33 Å². The second kappa shape index (κ2) is 10.1. The standard InChI is InChI=1S/C25H26N6O4/c1-16(25(32)33)18-12-19-21(13-23(18)35-8-2-5-31-6-9-34-10-7-31)27-15-29-24(19)30-17-3-4-20-22(11-17)28-14-26-20/h3-4,11-15H,1-2,5-10H2,(H,26,28)(H,32,33)(H,27,29,30). The van der Waals surface area contributed by atoms with Crippen LogP contribution in [0.4, 0.5) is 11.5 Å². The fourth-order valence-corrected chi connectivity index (χ4v) is 4.10. The van der Waals surface area contributed by atoms with Crippen molar-refractivity contribution in [2.75, 3.05) is 44.8 Å². The Labute approximate surface area is 201 Å². The molecule has 0 amide bonds. The third-order valence-corrected chi connectivity index (χ3v) is 5.98. The number of imidazole rings is 1. The van der Waals surface area contributed by atoms with E-state index >= 15 is 0 Å². The number of morpholine rings is 1. The van der Waals surface area contributed by atoms with Crippen LogP contribution in [0.2, 0.25) is 0 Å². The number of aliphatic carboxylic acids is 1. The highest BCUT2D eigenvalue weighted by atomic mass is 16.5. The Hall–Kier alpha value is -4.02. The fourth-order valence-electron chi connectivity index (χ4n) is 4.10. The van der Waals surface area contributed by atoms with Crippen molar-refractivity contribution in [3.63, 3.8) is 0 Å². The maximum absolute atomic E-state index is 11.8. The molecule has 0 unspecified atom stereocenters. The van der Waals surface area contributed by atoms with Gasteiger partial charge >= 0.3 is 5.97 Å². The van der Waals surface area contributed by atoms with E-state index in [0.29, 0.717) is 34.6 Å². The quantitative estimate of drug-likeness (QED) is 0.247. The number of aromatic nitrogens is 4. The summed E-state index contributed by atoms with van der Waals surface area (Å²) in [5.74, 6) is -0.129. The molecule has 0 radical (unpaired) electrons. The molecule has 35 heavy (non-hydrogen) atoms. The first-order valence-corrected chi connectivity index (χ1v) is 11.4. The Morgan fingerprint density at radius 1 is 1.17 bits per heavy atom. The molecule has 0 spiro atoms. The van der Waals surface area contributed by atoms with Crippen LogP contribution in [0.1, 0.15) is 12.0 Å². The number of nitrogens with one attached hydrogen (secondary N) is 2. The van der Waals surface area contributed by atoms with E-state index < -0.39 is 5.97 Å². The molecule has 0 saturated carbocycles. The molecule has 2 aromatic heterocycles. The molecule has 1 aliphatic heterocycles. The zero-order chi connectivity index (χ0) is 24.2. The average Bonchev–Trinajstić information content (AvgIpc) is 3.34. The second-order valence-electron chi connectivity index (χ2n) is 8.29. The van der Waals surface area contributed by atoms with Crippen LogP contribution < -0.4 is 10.1 Å². The highest BCUT2D eigenvalue weighted by Crippen LogP contribution is 2.33. The minimum Gasteiger partial charge on any atom is -0.493 e. The maximum Gasteiger partial charge on any atom is 0.335 e. The van der Waals surface area contributed by atoms with Gasteiger partial charge in [-0.05, 0) is 30.7 Å². The molecule has 0 atom stereocenters. The van der Waals surface area contributed by atoms with E-state index in [4.69, 9.17) is 9.47 Å². The molecule has 1 saturated heterocycles. The van der Waals surface area contributed by atoms with Crippen molar-refractivity contribution in [3.05, 3.63) is 55.1 Å². The normalized spacial score (nSPS) is 14.3. The number of nitrogens with zero attached hydrogens (tertiary/aromatic N) is 4. The number of H-pyrrole nitrogens is 1. The van der Waals surface area contributed by atoms with Crippen LogP contribution in [0.25, 0.3) is 27.5 Å². The molecule has 1 aliphatic rings. The molecule has 10 nitrogen and oxygen atoms in total. The Morgan fingerprint density at radius 3 is 2.86 bits per heavy atom. The summed E-state index contributed by atoms with van der Waals surface area (Å²) < 4.78 is 11.4. The monoisotopic (exact) mass is 474 g/mol. The topological polar surface area (TPSA) is 125 Å². The summed E-state index contributed by atoms with van der Waals surface area (Å²) >= 11 is 0. The SMILES string of the molecule is C=C(C(=O)O)c1cc2c(Nc3ccc4[nH]cnc4c3)ncnc2cc1OCCCN1CCOCC1. The van der Waals surface area contributed by atoms with Crippen molar-refractivity contribution >= 4 is 45.0 Å². The van der Waals surface area contributed by atoms with Gasteiger partial charge in [0.25, 0.3) is 0 Å². The summed E-state index contributed by atoms with van der Waals surface area (Å²) in [6.45, 7) is 8.43. The average molecular weight is 475 g/mol. The van der Waals surface area contributed by atoms with Crippen LogP contribution in [0, 0.1) is 0 Å². The summed E-state index contributed by atoms with van der Waals surface area (Å²) in [7, 11) is 0. The number of carboxylic acid groups (broad SMARTS) is 1. The Bertz CT molecular complexity index is 1380. The smallest absolute Gasteiger partial charge is 0.335 e. The van der Waals surface area contributed by atoms with Crippen LogP contribution in [0.15, 0.2) is 49.6 Å². The van der Waals surface area contributed by atoms with Crippen LogP contribution in [-0.2, 0) is 9.53 Å². The lowest BCUT2D eigenvalue weighted by Crippen LogP contribution is -2.37. The van der Waals surface area contributed by atoms with Gasteiger partial charge in [-0.15, -0.1) is 0 Å². The highest BCUT2D eigenvalue weighted by Gasteiger charge is 2.18. The molecule has 1 fully saturated rings. The number of fused-ring (bicyclic) bond motifs is 2. The molecular formula is C25H26N6O4. The lowest BCUT2D eigenvalue weighted by Gasteiger charge is -2.26. The number of carboxylic acids is 1. The van der Waals surface area contributed by atoms with Gasteiger partial charge in [0.05, 0.1) is 48.3 Å². The molecule has 3 heterocycles. The molecule has 0 aliphatic carbocycles. The van der Waals surface area contributed by atoms with Crippen LogP contribution in [0.5, 0.6) is 5.75 Å². The number of carbonyl (C=O) groups is 1. The van der Waals surface area contributed by atoms with Gasteiger partial charge in [0.2, 0.25) is 0 Å². The predicted octanol–water partition coefficient (Wildman–Crippen LogP) is 3.45. The van der Waals surface area contributed by atoms with Gasteiger partial charge in [0, 0.05) is 42.3 Å². The van der Waals surface area contributed by atoms with Gasteiger partial charge in [0.1, 0.15) is 17.9 Å². The van der Waals surface area contributed by atoms with Crippen molar-refractivity contribution in [2.24, 2.45) is 0 Å². The van der Waals surface area contributed by atoms with E-state index in [0.717, 1.165) is 56.0 Å². The predicted molar refractivity (Wildman–Crippen MR) is 133 cm³/mol.